The lowest BCUT2D eigenvalue weighted by molar-refractivity contribution is -0.268. The van der Waals surface area contributed by atoms with E-state index in [4.69, 9.17) is 9.47 Å². The molecule has 0 unspecified atom stereocenters. The Hall–Kier alpha value is -5.21. The van der Waals surface area contributed by atoms with Crippen molar-refractivity contribution in [2.75, 3.05) is 11.1 Å². The lowest BCUT2D eigenvalue weighted by atomic mass is 9.91. The molecule has 6 aromatic rings. The van der Waals surface area contributed by atoms with Crippen molar-refractivity contribution >= 4 is 34.4 Å². The highest BCUT2D eigenvalue weighted by Gasteiger charge is 2.38. The summed E-state index contributed by atoms with van der Waals surface area (Å²) in [5, 5.41) is 35.0. The second kappa shape index (κ2) is 13.9. The van der Waals surface area contributed by atoms with Crippen LogP contribution in [0.5, 0.6) is 5.75 Å². The topological polar surface area (TPSA) is 157 Å². The molecular formula is C35H31N7O5S. The minimum Gasteiger partial charge on any atom is -0.508 e. The maximum absolute atomic E-state index is 13.1. The number of ether oxygens (including phenoxy) is 2. The van der Waals surface area contributed by atoms with Gasteiger partial charge in [0.2, 0.25) is 5.16 Å². The molecule has 0 spiro atoms. The molecule has 2 aromatic heterocycles. The van der Waals surface area contributed by atoms with E-state index < -0.39 is 6.29 Å². The van der Waals surface area contributed by atoms with E-state index in [9.17, 15) is 15.0 Å². The molecule has 4 atom stereocenters. The molecular weight excluding hydrogens is 630 g/mol. The van der Waals surface area contributed by atoms with Gasteiger partial charge in [-0.25, -0.2) is 4.98 Å². The number of nitrogens with zero attached hydrogens (tertiary/aromatic N) is 6. The first-order chi connectivity index (χ1) is 23.4. The van der Waals surface area contributed by atoms with E-state index in [1.807, 2.05) is 66.7 Å². The number of fused-ring (bicyclic) bond motifs is 1. The number of phenolic OH excluding ortho intramolecular Hbond substituents is 1. The van der Waals surface area contributed by atoms with Crippen molar-refractivity contribution in [2.24, 2.45) is 5.92 Å². The van der Waals surface area contributed by atoms with Gasteiger partial charge in [0.15, 0.2) is 6.29 Å². The molecule has 1 aliphatic heterocycles. The van der Waals surface area contributed by atoms with Crippen LogP contribution in [0.1, 0.15) is 46.5 Å². The fraction of sp³-hybridized carbons (Fsp3) is 0.200. The average Bonchev–Trinajstić information content (AvgIpc) is 3.60. The third-order valence-electron chi connectivity index (χ3n) is 8.13. The van der Waals surface area contributed by atoms with Gasteiger partial charge in [0.25, 0.3) is 5.91 Å². The van der Waals surface area contributed by atoms with E-state index in [1.165, 1.54) is 18.0 Å². The molecule has 13 heteroatoms. The first-order valence-electron chi connectivity index (χ1n) is 15.3. The number of hydrogen-bond acceptors (Lipinski definition) is 11. The predicted molar refractivity (Wildman–Crippen MR) is 178 cm³/mol. The van der Waals surface area contributed by atoms with Crippen molar-refractivity contribution in [1.29, 1.82) is 0 Å². The lowest BCUT2D eigenvalue weighted by Gasteiger charge is -2.41. The second-order valence-corrected chi connectivity index (χ2v) is 12.3. The summed E-state index contributed by atoms with van der Waals surface area (Å²) >= 11 is 1.45. The van der Waals surface area contributed by atoms with Gasteiger partial charge in [-0.05, 0) is 70.1 Å². The molecule has 0 radical (unpaired) electrons. The number of tetrazole rings is 1. The summed E-state index contributed by atoms with van der Waals surface area (Å²) in [6, 6.07) is 29.1. The summed E-state index contributed by atoms with van der Waals surface area (Å²) in [7, 11) is 0. The monoisotopic (exact) mass is 661 g/mol. The van der Waals surface area contributed by atoms with Gasteiger partial charge in [-0.15, -0.1) is 5.10 Å². The van der Waals surface area contributed by atoms with Crippen molar-refractivity contribution in [3.05, 3.63) is 126 Å². The van der Waals surface area contributed by atoms with E-state index in [-0.39, 0.29) is 42.1 Å². The van der Waals surface area contributed by atoms with Crippen molar-refractivity contribution in [3.63, 3.8) is 0 Å². The summed E-state index contributed by atoms with van der Waals surface area (Å²) < 4.78 is 14.8. The third-order valence-corrected chi connectivity index (χ3v) is 9.14. The Labute approximate surface area is 279 Å². The van der Waals surface area contributed by atoms with E-state index >= 15 is 0 Å². The van der Waals surface area contributed by atoms with Crippen LogP contribution in [0.25, 0.3) is 16.7 Å². The van der Waals surface area contributed by atoms with Gasteiger partial charge in [0.05, 0.1) is 41.7 Å². The minimum atomic E-state index is -0.750. The summed E-state index contributed by atoms with van der Waals surface area (Å²) in [4.78, 5) is 22.0. The number of aliphatic hydroxyl groups excluding tert-OH is 1. The largest absolute Gasteiger partial charge is 0.508 e. The van der Waals surface area contributed by atoms with Crippen LogP contribution in [0.15, 0.2) is 108 Å². The Morgan fingerprint density at radius 3 is 2.52 bits per heavy atom. The van der Waals surface area contributed by atoms with E-state index in [0.717, 1.165) is 22.4 Å². The zero-order valence-electron chi connectivity index (χ0n) is 25.7. The van der Waals surface area contributed by atoms with Gasteiger partial charge >= 0.3 is 0 Å². The van der Waals surface area contributed by atoms with Gasteiger partial charge in [0, 0.05) is 22.9 Å². The molecule has 0 aliphatic carbocycles. The summed E-state index contributed by atoms with van der Waals surface area (Å²) in [5.74, 6) is 0.218. The molecule has 1 aliphatic rings. The number of aromatic nitrogens is 6. The van der Waals surface area contributed by atoms with Crippen molar-refractivity contribution < 1.29 is 24.5 Å². The van der Waals surface area contributed by atoms with Crippen LogP contribution in [-0.2, 0) is 16.1 Å². The molecule has 1 saturated heterocycles. The number of anilines is 1. The summed E-state index contributed by atoms with van der Waals surface area (Å²) in [5.41, 5.74) is 5.31. The molecule has 7 rings (SSSR count). The molecule has 12 nitrogen and oxygen atoms in total. The Kier molecular flexibility index (Phi) is 9.07. The highest BCUT2D eigenvalue weighted by atomic mass is 32.2. The first kappa shape index (κ1) is 31.4. The maximum Gasteiger partial charge on any atom is 0.275 e. The lowest BCUT2D eigenvalue weighted by Crippen LogP contribution is -2.38. The molecule has 3 heterocycles. The molecule has 1 amide bonds. The molecule has 48 heavy (non-hydrogen) atoms. The Balaban J connectivity index is 1.13. The SMILES string of the molecule is C[C@@H]1[C@H](CSc2nnnn2-c2ccc(O)cc2)O[C@H](c2cccc(NC(=O)c3cnc4ccccc4n3)c2)O[C@@H]1c1ccc(CO)cc1. The standard InChI is InChI=1S/C35H31N7O5S/c1-21-31(20-48-35-39-40-41-42(35)26-13-15-27(44)16-14-26)46-34(47-32(21)23-11-9-22(19-43)10-12-23)24-5-4-6-25(17-24)37-33(45)30-18-36-28-7-2-3-8-29(28)38-30/h2-18,21,31-32,34,43-44H,19-20H2,1H3,(H,37,45)/t21-,31+,32+,34+/m1/s1. The highest BCUT2D eigenvalue weighted by molar-refractivity contribution is 7.99. The number of phenols is 1. The predicted octanol–water partition coefficient (Wildman–Crippen LogP) is 5.64. The number of hydrogen-bond donors (Lipinski definition) is 3. The second-order valence-electron chi connectivity index (χ2n) is 11.3. The molecule has 0 saturated carbocycles. The molecule has 3 N–H and O–H groups in total. The van der Waals surface area contributed by atoms with Crippen LogP contribution < -0.4 is 5.32 Å². The van der Waals surface area contributed by atoms with E-state index in [2.05, 4.69) is 37.7 Å². The number of rotatable bonds is 9. The fourth-order valence-corrected chi connectivity index (χ4v) is 6.57. The van der Waals surface area contributed by atoms with Crippen LogP contribution in [0.3, 0.4) is 0 Å². The number of carbonyl (C=O) groups excluding carboxylic acids is 1. The minimum absolute atomic E-state index is 0.0502. The molecule has 242 valence electrons. The number of thioether (sulfide) groups is 1. The highest BCUT2D eigenvalue weighted by Crippen LogP contribution is 2.43. The Morgan fingerprint density at radius 1 is 0.938 bits per heavy atom. The smallest absolute Gasteiger partial charge is 0.275 e. The summed E-state index contributed by atoms with van der Waals surface area (Å²) in [6.45, 7) is 2.03. The maximum atomic E-state index is 13.1. The van der Waals surface area contributed by atoms with Crippen molar-refractivity contribution in [2.45, 2.75) is 37.2 Å². The summed E-state index contributed by atoms with van der Waals surface area (Å²) in [6.07, 6.45) is 0.0943. The number of aromatic hydroxyl groups is 1. The van der Waals surface area contributed by atoms with Crippen LogP contribution in [0, 0.1) is 5.92 Å². The van der Waals surface area contributed by atoms with Gasteiger partial charge in [-0.3, -0.25) is 9.78 Å². The van der Waals surface area contributed by atoms with Crippen LogP contribution in [-0.4, -0.2) is 58.2 Å². The van der Waals surface area contributed by atoms with Crippen LogP contribution in [0.4, 0.5) is 5.69 Å². The van der Waals surface area contributed by atoms with Crippen molar-refractivity contribution in [1.82, 2.24) is 30.2 Å². The fourth-order valence-electron chi connectivity index (χ4n) is 5.52. The molecule has 4 aromatic carbocycles. The normalized spacial score (nSPS) is 19.3. The number of aliphatic hydroxyl groups is 1. The Morgan fingerprint density at radius 2 is 1.73 bits per heavy atom. The Bertz CT molecular complexity index is 2040. The van der Waals surface area contributed by atoms with Gasteiger partial charge in [0.1, 0.15) is 11.4 Å². The van der Waals surface area contributed by atoms with E-state index in [1.54, 1.807) is 35.0 Å². The first-order valence-corrected chi connectivity index (χ1v) is 16.3. The number of nitrogens with one attached hydrogen (secondary N) is 1. The van der Waals surface area contributed by atoms with Crippen molar-refractivity contribution in [3.8, 4) is 11.4 Å². The molecule has 0 bridgehead atoms. The third kappa shape index (κ3) is 6.75. The quantitative estimate of drug-likeness (QED) is 0.165. The average molecular weight is 662 g/mol. The van der Waals surface area contributed by atoms with Gasteiger partial charge < -0.3 is 25.0 Å². The number of para-hydroxylation sites is 2. The van der Waals surface area contributed by atoms with E-state index in [0.29, 0.717) is 27.6 Å². The van der Waals surface area contributed by atoms with Crippen LogP contribution in [0.2, 0.25) is 0 Å². The van der Waals surface area contributed by atoms with Crippen LogP contribution >= 0.6 is 11.8 Å². The number of benzene rings is 4. The number of amides is 1. The zero-order valence-corrected chi connectivity index (χ0v) is 26.6. The van der Waals surface area contributed by atoms with Gasteiger partial charge in [-0.2, -0.15) is 4.68 Å². The zero-order chi connectivity index (χ0) is 33.0. The van der Waals surface area contributed by atoms with Gasteiger partial charge in [-0.1, -0.05) is 67.2 Å². The number of carbonyl (C=O) groups is 1. The molecule has 1 fully saturated rings.